The number of fused-ring (bicyclic) bond motifs is 2. The molecule has 2 aromatic carbocycles. The first-order valence-corrected chi connectivity index (χ1v) is 12.4. The lowest BCUT2D eigenvalue weighted by molar-refractivity contribution is -0.118. The van der Waals surface area contributed by atoms with Crippen LogP contribution in [-0.2, 0) is 15.1 Å². The molecule has 2 heterocycles. The van der Waals surface area contributed by atoms with Crippen LogP contribution in [0.1, 0.15) is 64.2 Å². The average Bonchev–Trinajstić information content (AvgIpc) is 2.85. The molecule has 0 aliphatic carbocycles. The first-order chi connectivity index (χ1) is 17.1. The van der Waals surface area contributed by atoms with Crippen molar-refractivity contribution in [2.45, 2.75) is 64.2 Å². The predicted molar refractivity (Wildman–Crippen MR) is 136 cm³/mol. The van der Waals surface area contributed by atoms with Crippen LogP contribution in [0.5, 0.6) is 11.5 Å². The SMILES string of the molecule is CCC1(CC)OC(=O)N(CCC(C)(C)NCC(O)c2cc(O)cc3c2OCC(=O)N3)c2ccccc21. The van der Waals surface area contributed by atoms with Gasteiger partial charge in [-0.3, -0.25) is 9.69 Å². The summed E-state index contributed by atoms with van der Waals surface area (Å²) in [4.78, 5) is 26.3. The number of aliphatic hydroxyl groups is 1. The number of rotatable bonds is 9. The summed E-state index contributed by atoms with van der Waals surface area (Å²) in [5.41, 5.74) is 1.57. The molecule has 194 valence electrons. The van der Waals surface area contributed by atoms with Crippen molar-refractivity contribution in [3.05, 3.63) is 47.5 Å². The Balaban J connectivity index is 1.44. The Kier molecular flexibility index (Phi) is 7.15. The van der Waals surface area contributed by atoms with Gasteiger partial charge in [0.25, 0.3) is 5.91 Å². The molecule has 2 aliphatic rings. The summed E-state index contributed by atoms with van der Waals surface area (Å²) in [7, 11) is 0. The van der Waals surface area contributed by atoms with Gasteiger partial charge in [0.05, 0.1) is 17.5 Å². The molecule has 2 aliphatic heterocycles. The Bertz CT molecular complexity index is 1140. The number of nitrogens with one attached hydrogen (secondary N) is 2. The minimum atomic E-state index is -0.990. The van der Waals surface area contributed by atoms with Gasteiger partial charge in [0, 0.05) is 35.8 Å². The van der Waals surface area contributed by atoms with Crippen LogP contribution in [-0.4, -0.2) is 47.4 Å². The summed E-state index contributed by atoms with van der Waals surface area (Å²) in [5, 5.41) is 26.9. The van der Waals surface area contributed by atoms with E-state index in [1.165, 1.54) is 12.1 Å². The molecule has 0 bridgehead atoms. The first kappa shape index (κ1) is 25.8. The van der Waals surface area contributed by atoms with Gasteiger partial charge < -0.3 is 30.3 Å². The molecule has 0 spiro atoms. The predicted octanol–water partition coefficient (Wildman–Crippen LogP) is 4.19. The van der Waals surface area contributed by atoms with E-state index < -0.39 is 17.2 Å². The number of aliphatic hydroxyl groups excluding tert-OH is 1. The molecule has 36 heavy (non-hydrogen) atoms. The summed E-state index contributed by atoms with van der Waals surface area (Å²) in [6, 6.07) is 10.7. The Morgan fingerprint density at radius 2 is 1.92 bits per heavy atom. The number of para-hydroxylation sites is 1. The largest absolute Gasteiger partial charge is 0.508 e. The van der Waals surface area contributed by atoms with Gasteiger partial charge >= 0.3 is 6.09 Å². The van der Waals surface area contributed by atoms with Gasteiger partial charge in [0.15, 0.2) is 6.61 Å². The topological polar surface area (TPSA) is 120 Å². The number of amides is 2. The molecule has 4 rings (SSSR count). The van der Waals surface area contributed by atoms with Crippen LogP contribution in [0.3, 0.4) is 0 Å². The van der Waals surface area contributed by atoms with E-state index in [2.05, 4.69) is 10.6 Å². The summed E-state index contributed by atoms with van der Waals surface area (Å²) >= 11 is 0. The number of nitrogens with zero attached hydrogens (tertiary/aromatic N) is 1. The second-order valence-electron chi connectivity index (χ2n) is 10.0. The number of β-amino-alcohol motifs (C(OH)–C–C–N with tert-alkyl or cyclic N) is 1. The lowest BCUT2D eigenvalue weighted by Crippen LogP contribution is -2.49. The van der Waals surface area contributed by atoms with E-state index in [1.807, 2.05) is 52.0 Å². The smallest absolute Gasteiger partial charge is 0.415 e. The van der Waals surface area contributed by atoms with Crippen LogP contribution in [0, 0.1) is 0 Å². The minimum Gasteiger partial charge on any atom is -0.508 e. The normalized spacial score (nSPS) is 17.4. The van der Waals surface area contributed by atoms with Gasteiger partial charge in [-0.15, -0.1) is 0 Å². The summed E-state index contributed by atoms with van der Waals surface area (Å²) < 4.78 is 11.5. The van der Waals surface area contributed by atoms with E-state index in [-0.39, 0.29) is 30.9 Å². The molecule has 0 radical (unpaired) electrons. The van der Waals surface area contributed by atoms with E-state index in [0.717, 1.165) is 11.3 Å². The number of hydrogen-bond acceptors (Lipinski definition) is 7. The highest BCUT2D eigenvalue weighted by Crippen LogP contribution is 2.43. The monoisotopic (exact) mass is 497 g/mol. The van der Waals surface area contributed by atoms with Gasteiger partial charge in [0.2, 0.25) is 0 Å². The maximum Gasteiger partial charge on any atom is 0.415 e. The molecule has 9 nitrogen and oxygen atoms in total. The zero-order valence-corrected chi connectivity index (χ0v) is 21.3. The summed E-state index contributed by atoms with van der Waals surface area (Å²) in [6.45, 7) is 8.52. The zero-order chi connectivity index (χ0) is 26.1. The first-order valence-electron chi connectivity index (χ1n) is 12.4. The number of phenolic OH excluding ortho intramolecular Hbond substituents is 1. The fraction of sp³-hybridized carbons (Fsp3) is 0.481. The molecule has 1 unspecified atom stereocenters. The number of aromatic hydroxyl groups is 1. The van der Waals surface area contributed by atoms with Gasteiger partial charge in [-0.25, -0.2) is 4.79 Å². The third-order valence-corrected chi connectivity index (χ3v) is 7.15. The molecule has 0 aromatic heterocycles. The van der Waals surface area contributed by atoms with Crippen molar-refractivity contribution in [1.29, 1.82) is 0 Å². The van der Waals surface area contributed by atoms with Gasteiger partial charge in [0.1, 0.15) is 17.1 Å². The quantitative estimate of drug-likeness (QED) is 0.410. The Labute approximate surface area is 211 Å². The Morgan fingerprint density at radius 3 is 2.64 bits per heavy atom. The Hall–Kier alpha value is -3.30. The number of phenols is 1. The van der Waals surface area contributed by atoms with Gasteiger partial charge in [-0.1, -0.05) is 32.0 Å². The number of anilines is 2. The third-order valence-electron chi connectivity index (χ3n) is 7.15. The molecule has 2 amide bonds. The van der Waals surface area contributed by atoms with Crippen molar-refractivity contribution < 1.29 is 29.3 Å². The van der Waals surface area contributed by atoms with Crippen LogP contribution < -0.4 is 20.3 Å². The van der Waals surface area contributed by atoms with Crippen molar-refractivity contribution in [2.75, 3.05) is 29.9 Å². The highest BCUT2D eigenvalue weighted by atomic mass is 16.6. The van der Waals surface area contributed by atoms with E-state index in [1.54, 1.807) is 4.90 Å². The molecule has 9 heteroatoms. The zero-order valence-electron chi connectivity index (χ0n) is 21.3. The summed E-state index contributed by atoms with van der Waals surface area (Å²) in [6.07, 6.45) is 0.669. The minimum absolute atomic E-state index is 0.0784. The van der Waals surface area contributed by atoms with Crippen molar-refractivity contribution >= 4 is 23.4 Å². The molecular formula is C27H35N3O6. The lowest BCUT2D eigenvalue weighted by atomic mass is 9.85. The molecular weight excluding hydrogens is 462 g/mol. The van der Waals surface area contributed by atoms with E-state index >= 15 is 0 Å². The van der Waals surface area contributed by atoms with E-state index in [9.17, 15) is 19.8 Å². The van der Waals surface area contributed by atoms with Crippen molar-refractivity contribution in [1.82, 2.24) is 5.32 Å². The fourth-order valence-corrected chi connectivity index (χ4v) is 4.88. The second kappa shape index (κ2) is 9.99. The van der Waals surface area contributed by atoms with Crippen LogP contribution in [0.4, 0.5) is 16.2 Å². The highest BCUT2D eigenvalue weighted by Gasteiger charge is 2.42. The standard InChI is InChI=1S/C27H35N3O6/c1-5-27(6-2)19-9-7-8-10-21(19)30(25(34)36-27)12-11-26(3,4)28-15-22(32)18-13-17(31)14-20-24(18)35-16-23(33)29-20/h7-10,13-14,22,28,31-32H,5-6,11-12,15-16H2,1-4H3,(H,29,33). The number of ether oxygens (including phenoxy) is 2. The van der Waals surface area contributed by atoms with Gasteiger partial charge in [-0.2, -0.15) is 0 Å². The molecule has 4 N–H and O–H groups in total. The number of benzene rings is 2. The second-order valence-corrected chi connectivity index (χ2v) is 10.0. The fourth-order valence-electron chi connectivity index (χ4n) is 4.88. The molecule has 0 saturated heterocycles. The van der Waals surface area contributed by atoms with Crippen molar-refractivity contribution in [3.8, 4) is 11.5 Å². The van der Waals surface area contributed by atoms with E-state index in [4.69, 9.17) is 9.47 Å². The van der Waals surface area contributed by atoms with Crippen molar-refractivity contribution in [2.24, 2.45) is 0 Å². The number of carbonyl (C=O) groups excluding carboxylic acids is 2. The Morgan fingerprint density at radius 1 is 1.19 bits per heavy atom. The highest BCUT2D eigenvalue weighted by molar-refractivity contribution is 5.96. The third kappa shape index (κ3) is 4.99. The number of carbonyl (C=O) groups is 2. The van der Waals surface area contributed by atoms with E-state index in [0.29, 0.717) is 42.8 Å². The van der Waals surface area contributed by atoms with Crippen LogP contribution in [0.15, 0.2) is 36.4 Å². The van der Waals surface area contributed by atoms with Crippen LogP contribution >= 0.6 is 0 Å². The maximum absolute atomic E-state index is 13.0. The molecule has 2 aromatic rings. The lowest BCUT2D eigenvalue weighted by Gasteiger charge is -2.42. The average molecular weight is 498 g/mol. The number of hydrogen-bond donors (Lipinski definition) is 4. The number of cyclic esters (lactones) is 1. The maximum atomic E-state index is 13.0. The van der Waals surface area contributed by atoms with Crippen LogP contribution in [0.25, 0.3) is 0 Å². The molecule has 0 fully saturated rings. The van der Waals surface area contributed by atoms with Crippen molar-refractivity contribution in [3.63, 3.8) is 0 Å². The van der Waals surface area contributed by atoms with Crippen LogP contribution in [0.2, 0.25) is 0 Å². The molecule has 0 saturated carbocycles. The van der Waals surface area contributed by atoms with Gasteiger partial charge in [-0.05, 0) is 45.2 Å². The summed E-state index contributed by atoms with van der Waals surface area (Å²) in [5.74, 6) is -0.0476. The molecule has 1 atom stereocenters.